The van der Waals surface area contributed by atoms with E-state index in [2.05, 4.69) is 21.0 Å². The highest BCUT2D eigenvalue weighted by Gasteiger charge is 2.01. The summed E-state index contributed by atoms with van der Waals surface area (Å²) in [7, 11) is 0. The molecule has 1 heterocycles. The fraction of sp³-hybridized carbons (Fsp3) is 0.182. The summed E-state index contributed by atoms with van der Waals surface area (Å²) in [4.78, 5) is 0. The van der Waals surface area contributed by atoms with Crippen LogP contribution in [0.3, 0.4) is 0 Å². The third-order valence-corrected chi connectivity index (χ3v) is 2.78. The van der Waals surface area contributed by atoms with Gasteiger partial charge in [0.2, 0.25) is 0 Å². The van der Waals surface area contributed by atoms with Crippen molar-refractivity contribution in [1.82, 2.24) is 9.78 Å². The van der Waals surface area contributed by atoms with Crippen LogP contribution in [-0.2, 0) is 6.54 Å². The zero-order valence-electron chi connectivity index (χ0n) is 8.94. The third kappa shape index (κ3) is 3.20. The lowest BCUT2D eigenvalue weighted by Gasteiger charge is -2.06. The molecule has 0 unspecified atom stereocenters. The number of aromatic nitrogens is 2. The highest BCUT2D eigenvalue weighted by Crippen LogP contribution is 2.20. The fourth-order valence-corrected chi connectivity index (χ4v) is 1.57. The summed E-state index contributed by atoms with van der Waals surface area (Å²) < 4.78 is 20.7. The van der Waals surface area contributed by atoms with Crippen LogP contribution in [0.1, 0.15) is 0 Å². The van der Waals surface area contributed by atoms with Crippen molar-refractivity contribution in [3.63, 3.8) is 0 Å². The van der Waals surface area contributed by atoms with Gasteiger partial charge < -0.3 is 10.5 Å². The summed E-state index contributed by atoms with van der Waals surface area (Å²) in [5.41, 5.74) is 6.13. The minimum absolute atomic E-state index is 0.342. The van der Waals surface area contributed by atoms with Gasteiger partial charge in [-0.1, -0.05) is 0 Å². The molecule has 4 nitrogen and oxygen atoms in total. The van der Waals surface area contributed by atoms with Gasteiger partial charge in [-0.25, -0.2) is 4.39 Å². The van der Waals surface area contributed by atoms with Crippen molar-refractivity contribution in [2.75, 3.05) is 12.3 Å². The average molecular weight is 300 g/mol. The summed E-state index contributed by atoms with van der Waals surface area (Å²) in [6.45, 7) is 0.969. The van der Waals surface area contributed by atoms with Gasteiger partial charge in [-0.15, -0.1) is 0 Å². The van der Waals surface area contributed by atoms with E-state index in [1.165, 1.54) is 6.07 Å². The number of halogens is 2. The van der Waals surface area contributed by atoms with Crippen LogP contribution >= 0.6 is 15.9 Å². The summed E-state index contributed by atoms with van der Waals surface area (Å²) in [6, 6.07) is 4.64. The van der Waals surface area contributed by atoms with Crippen molar-refractivity contribution in [3.05, 3.63) is 40.9 Å². The zero-order valence-corrected chi connectivity index (χ0v) is 10.5. The SMILES string of the molecule is Nc1cnn(CCOc2ccc(Br)c(F)c2)c1. The van der Waals surface area contributed by atoms with E-state index in [0.717, 1.165) is 0 Å². The van der Waals surface area contributed by atoms with Gasteiger partial charge in [0, 0.05) is 12.3 Å². The largest absolute Gasteiger partial charge is 0.492 e. The molecule has 2 rings (SSSR count). The van der Waals surface area contributed by atoms with Gasteiger partial charge in [0.1, 0.15) is 18.2 Å². The molecule has 0 saturated heterocycles. The predicted octanol–water partition coefficient (Wildman–Crippen LogP) is 2.45. The summed E-state index contributed by atoms with van der Waals surface area (Å²) in [6.07, 6.45) is 3.28. The Kier molecular flexibility index (Phi) is 3.63. The van der Waals surface area contributed by atoms with Crippen LogP contribution in [0, 0.1) is 5.82 Å². The molecule has 0 radical (unpaired) electrons. The van der Waals surface area contributed by atoms with Gasteiger partial charge in [-0.3, -0.25) is 4.68 Å². The first-order chi connectivity index (χ1) is 8.15. The van der Waals surface area contributed by atoms with E-state index in [-0.39, 0.29) is 5.82 Å². The molecule has 0 saturated carbocycles. The first-order valence-electron chi connectivity index (χ1n) is 5.01. The number of benzene rings is 1. The predicted molar refractivity (Wildman–Crippen MR) is 66.2 cm³/mol. The molecule has 0 atom stereocenters. The van der Waals surface area contributed by atoms with Crippen LogP contribution in [0.5, 0.6) is 5.75 Å². The normalized spacial score (nSPS) is 10.5. The molecule has 17 heavy (non-hydrogen) atoms. The second kappa shape index (κ2) is 5.18. The molecule has 6 heteroatoms. The molecule has 0 fully saturated rings. The van der Waals surface area contributed by atoms with Gasteiger partial charge in [-0.2, -0.15) is 5.10 Å². The number of anilines is 1. The molecule has 1 aromatic carbocycles. The maximum absolute atomic E-state index is 13.2. The lowest BCUT2D eigenvalue weighted by molar-refractivity contribution is 0.290. The molecule has 0 aliphatic heterocycles. The Morgan fingerprint density at radius 2 is 2.29 bits per heavy atom. The van der Waals surface area contributed by atoms with Gasteiger partial charge in [0.05, 0.1) is 22.9 Å². The van der Waals surface area contributed by atoms with Crippen molar-refractivity contribution in [2.24, 2.45) is 0 Å². The van der Waals surface area contributed by atoms with E-state index in [4.69, 9.17) is 10.5 Å². The third-order valence-electron chi connectivity index (χ3n) is 2.13. The first kappa shape index (κ1) is 11.9. The lowest BCUT2D eigenvalue weighted by atomic mass is 10.3. The number of nitrogens with zero attached hydrogens (tertiary/aromatic N) is 2. The highest BCUT2D eigenvalue weighted by atomic mass is 79.9. The molecule has 0 spiro atoms. The molecule has 2 aromatic rings. The van der Waals surface area contributed by atoms with Crippen molar-refractivity contribution >= 4 is 21.6 Å². The van der Waals surface area contributed by atoms with E-state index >= 15 is 0 Å². The van der Waals surface area contributed by atoms with Gasteiger partial charge in [-0.05, 0) is 28.1 Å². The molecular formula is C11H11BrFN3O. The number of hydrogen-bond donors (Lipinski definition) is 1. The molecule has 0 amide bonds. The molecular weight excluding hydrogens is 289 g/mol. The van der Waals surface area contributed by atoms with Crippen LogP contribution in [0.4, 0.5) is 10.1 Å². The van der Waals surface area contributed by atoms with Crippen LogP contribution < -0.4 is 10.5 Å². The van der Waals surface area contributed by atoms with E-state index in [0.29, 0.717) is 29.1 Å². The maximum atomic E-state index is 13.2. The smallest absolute Gasteiger partial charge is 0.141 e. The highest BCUT2D eigenvalue weighted by molar-refractivity contribution is 9.10. The number of ether oxygens (including phenoxy) is 1. The van der Waals surface area contributed by atoms with E-state index in [9.17, 15) is 4.39 Å². The molecule has 1 aromatic heterocycles. The Hall–Kier alpha value is -1.56. The van der Waals surface area contributed by atoms with Crippen molar-refractivity contribution in [3.8, 4) is 5.75 Å². The Balaban J connectivity index is 1.87. The standard InChI is InChI=1S/C11H11BrFN3O/c12-10-2-1-9(5-11(10)13)17-4-3-16-7-8(14)6-15-16/h1-2,5-7H,3-4,14H2. The average Bonchev–Trinajstić information content (AvgIpc) is 2.70. The molecule has 2 N–H and O–H groups in total. The second-order valence-corrected chi connectivity index (χ2v) is 4.32. The van der Waals surface area contributed by atoms with E-state index in [1.807, 2.05) is 0 Å². The quantitative estimate of drug-likeness (QED) is 0.943. The number of hydrogen-bond acceptors (Lipinski definition) is 3. The van der Waals surface area contributed by atoms with Gasteiger partial charge in [0.15, 0.2) is 0 Å². The second-order valence-electron chi connectivity index (χ2n) is 3.46. The summed E-state index contributed by atoms with van der Waals surface area (Å²) in [5.74, 6) is 0.150. The minimum Gasteiger partial charge on any atom is -0.492 e. The van der Waals surface area contributed by atoms with E-state index in [1.54, 1.807) is 29.2 Å². The minimum atomic E-state index is -0.342. The summed E-state index contributed by atoms with van der Waals surface area (Å²) >= 11 is 3.08. The Bertz CT molecular complexity index is 515. The maximum Gasteiger partial charge on any atom is 0.141 e. The molecule has 0 aliphatic carbocycles. The van der Waals surface area contributed by atoms with Crippen molar-refractivity contribution in [2.45, 2.75) is 6.54 Å². The van der Waals surface area contributed by atoms with Crippen LogP contribution in [-0.4, -0.2) is 16.4 Å². The van der Waals surface area contributed by atoms with Crippen LogP contribution in [0.2, 0.25) is 0 Å². The monoisotopic (exact) mass is 299 g/mol. The Morgan fingerprint density at radius 3 is 2.94 bits per heavy atom. The van der Waals surface area contributed by atoms with Crippen LogP contribution in [0.25, 0.3) is 0 Å². The number of nitrogen functional groups attached to an aromatic ring is 1. The van der Waals surface area contributed by atoms with E-state index < -0.39 is 0 Å². The summed E-state index contributed by atoms with van der Waals surface area (Å²) in [5, 5.41) is 4.01. The van der Waals surface area contributed by atoms with Crippen molar-refractivity contribution < 1.29 is 9.13 Å². The Morgan fingerprint density at radius 1 is 1.47 bits per heavy atom. The topological polar surface area (TPSA) is 53.1 Å². The van der Waals surface area contributed by atoms with Crippen molar-refractivity contribution in [1.29, 1.82) is 0 Å². The van der Waals surface area contributed by atoms with Gasteiger partial charge >= 0.3 is 0 Å². The first-order valence-corrected chi connectivity index (χ1v) is 5.80. The molecule has 90 valence electrons. The van der Waals surface area contributed by atoms with Crippen LogP contribution in [0.15, 0.2) is 35.1 Å². The van der Waals surface area contributed by atoms with Gasteiger partial charge in [0.25, 0.3) is 0 Å². The molecule has 0 aliphatic rings. The zero-order chi connectivity index (χ0) is 12.3. The lowest BCUT2D eigenvalue weighted by Crippen LogP contribution is -2.08. The molecule has 0 bridgehead atoms. The Labute approximate surface area is 106 Å². The fourth-order valence-electron chi connectivity index (χ4n) is 1.33. The number of nitrogens with two attached hydrogens (primary N) is 1. The number of rotatable bonds is 4.